The zero-order valence-corrected chi connectivity index (χ0v) is 20.3. The zero-order valence-electron chi connectivity index (χ0n) is 19.5. The largest absolute Gasteiger partial charge is 0.224 e. The Balaban J connectivity index is 2.22. The Morgan fingerprint density at radius 1 is 0.968 bits per heavy atom. The van der Waals surface area contributed by atoms with Crippen LogP contribution >= 0.6 is 0 Å². The van der Waals surface area contributed by atoms with Gasteiger partial charge in [0.05, 0.1) is 4.90 Å². The van der Waals surface area contributed by atoms with Gasteiger partial charge in [-0.3, -0.25) is 0 Å². The first-order valence-corrected chi connectivity index (χ1v) is 13.1. The van der Waals surface area contributed by atoms with E-state index in [1.165, 1.54) is 44.5 Å². The summed E-state index contributed by atoms with van der Waals surface area (Å²) in [6.07, 6.45) is 6.60. The van der Waals surface area contributed by atoms with Gasteiger partial charge in [0.25, 0.3) is 0 Å². The van der Waals surface area contributed by atoms with Gasteiger partial charge in [-0.15, -0.1) is 0 Å². The first-order chi connectivity index (χ1) is 14.6. The lowest BCUT2D eigenvalue weighted by Gasteiger charge is -2.23. The first-order valence-electron chi connectivity index (χ1n) is 11.2. The van der Waals surface area contributed by atoms with Gasteiger partial charge in [0.15, 0.2) is 9.84 Å². The Morgan fingerprint density at radius 3 is 2.19 bits per heavy atom. The van der Waals surface area contributed by atoms with Crippen LogP contribution in [0.3, 0.4) is 0 Å². The van der Waals surface area contributed by atoms with E-state index in [-0.39, 0.29) is 0 Å². The van der Waals surface area contributed by atoms with E-state index in [0.717, 1.165) is 35.6 Å². The molecule has 3 aromatic carbocycles. The van der Waals surface area contributed by atoms with Crippen molar-refractivity contribution in [3.63, 3.8) is 0 Å². The third-order valence-corrected chi connectivity index (χ3v) is 7.82. The highest BCUT2D eigenvalue weighted by molar-refractivity contribution is 7.91. The Bertz CT molecular complexity index is 1400. The third kappa shape index (κ3) is 3.85. The van der Waals surface area contributed by atoms with E-state index in [2.05, 4.69) is 58.0 Å². The molecule has 1 unspecified atom stereocenters. The van der Waals surface area contributed by atoms with E-state index >= 15 is 0 Å². The van der Waals surface area contributed by atoms with E-state index in [1.54, 1.807) is 0 Å². The van der Waals surface area contributed by atoms with Crippen LogP contribution in [-0.4, -0.2) is 14.7 Å². The van der Waals surface area contributed by atoms with Gasteiger partial charge in [0.2, 0.25) is 0 Å². The molecule has 0 radical (unpaired) electrons. The second-order valence-electron chi connectivity index (χ2n) is 9.14. The number of hydrogen-bond acceptors (Lipinski definition) is 2. The van der Waals surface area contributed by atoms with Crippen LogP contribution < -0.4 is 10.4 Å². The maximum Gasteiger partial charge on any atom is 0.176 e. The van der Waals surface area contributed by atoms with Gasteiger partial charge >= 0.3 is 0 Å². The number of hydrogen-bond donors (Lipinski definition) is 0. The molecule has 162 valence electrons. The molecule has 4 rings (SSSR count). The van der Waals surface area contributed by atoms with Crippen LogP contribution in [0, 0.1) is 19.8 Å². The number of benzene rings is 3. The van der Waals surface area contributed by atoms with Gasteiger partial charge in [-0.1, -0.05) is 56.7 Å². The SMILES string of the molecule is CCc1cc(C)cc(CC)c1C1=c2cc3c(S(C)(=O)=O)c(C)ccc3cc2=CC(C)C1. The molecule has 1 aliphatic carbocycles. The summed E-state index contributed by atoms with van der Waals surface area (Å²) in [4.78, 5) is 0.459. The van der Waals surface area contributed by atoms with Gasteiger partial charge in [-0.05, 0) is 94.8 Å². The fourth-order valence-electron chi connectivity index (χ4n) is 5.28. The molecule has 0 amide bonds. The van der Waals surface area contributed by atoms with Crippen LogP contribution in [0.15, 0.2) is 41.3 Å². The standard InChI is InChI=1S/C28H32O2S/c1-7-20-11-17(3)12-21(8-2)27(20)26-14-18(4)13-23-15-22-10-9-19(5)28(31(6,29)30)25(22)16-24(23)26/h9-13,15-16,18H,7-8,14H2,1-6H3. The lowest BCUT2D eigenvalue weighted by Crippen LogP contribution is -2.33. The first kappa shape index (κ1) is 21.8. The molecule has 0 aromatic heterocycles. The molecule has 3 heteroatoms. The van der Waals surface area contributed by atoms with Gasteiger partial charge in [-0.2, -0.15) is 0 Å². The predicted octanol–water partition coefficient (Wildman–Crippen LogP) is 5.00. The third-order valence-electron chi connectivity index (χ3n) is 6.53. The van der Waals surface area contributed by atoms with E-state index in [9.17, 15) is 8.42 Å². The summed E-state index contributed by atoms with van der Waals surface area (Å²) >= 11 is 0. The summed E-state index contributed by atoms with van der Waals surface area (Å²) in [5, 5.41) is 4.23. The molecule has 2 nitrogen and oxygen atoms in total. The molecule has 0 saturated heterocycles. The van der Waals surface area contributed by atoms with Crippen molar-refractivity contribution in [2.45, 2.75) is 58.8 Å². The highest BCUT2D eigenvalue weighted by Crippen LogP contribution is 2.32. The van der Waals surface area contributed by atoms with E-state index in [1.807, 2.05) is 19.1 Å². The minimum atomic E-state index is -3.33. The smallest absolute Gasteiger partial charge is 0.176 e. The Kier molecular flexibility index (Phi) is 5.59. The molecule has 0 N–H and O–H groups in total. The van der Waals surface area contributed by atoms with Gasteiger partial charge in [-0.25, -0.2) is 8.42 Å². The number of rotatable bonds is 4. The summed E-state index contributed by atoms with van der Waals surface area (Å²) in [5.74, 6) is 0.440. The van der Waals surface area contributed by atoms with Crippen molar-refractivity contribution in [2.24, 2.45) is 5.92 Å². The molecule has 0 fully saturated rings. The molecule has 0 bridgehead atoms. The molecule has 1 atom stereocenters. The van der Waals surface area contributed by atoms with Crippen LogP contribution in [-0.2, 0) is 22.7 Å². The second-order valence-corrected chi connectivity index (χ2v) is 11.1. The van der Waals surface area contributed by atoms with Crippen LogP contribution in [0.2, 0.25) is 0 Å². The van der Waals surface area contributed by atoms with Crippen molar-refractivity contribution in [1.82, 2.24) is 0 Å². The molecular weight excluding hydrogens is 400 g/mol. The average Bonchev–Trinajstić information content (AvgIpc) is 2.70. The highest BCUT2D eigenvalue weighted by atomic mass is 32.2. The fourth-order valence-corrected chi connectivity index (χ4v) is 6.51. The minimum absolute atomic E-state index is 0.440. The Hall–Kier alpha value is -2.39. The lowest BCUT2D eigenvalue weighted by atomic mass is 9.82. The highest BCUT2D eigenvalue weighted by Gasteiger charge is 2.20. The maximum atomic E-state index is 12.7. The predicted molar refractivity (Wildman–Crippen MR) is 132 cm³/mol. The normalized spacial score (nSPS) is 16.3. The summed E-state index contributed by atoms with van der Waals surface area (Å²) in [7, 11) is -3.33. The molecule has 0 spiro atoms. The lowest BCUT2D eigenvalue weighted by molar-refractivity contribution is 0.602. The number of fused-ring (bicyclic) bond motifs is 2. The van der Waals surface area contributed by atoms with Crippen molar-refractivity contribution in [2.75, 3.05) is 6.26 Å². The Labute approximate surface area is 186 Å². The molecule has 0 heterocycles. The summed E-state index contributed by atoms with van der Waals surface area (Å²) in [6, 6.07) is 12.9. The average molecular weight is 433 g/mol. The molecule has 1 aliphatic rings. The van der Waals surface area contributed by atoms with E-state index in [4.69, 9.17) is 0 Å². The minimum Gasteiger partial charge on any atom is -0.224 e. The summed E-state index contributed by atoms with van der Waals surface area (Å²) < 4.78 is 25.3. The van der Waals surface area contributed by atoms with Crippen LogP contribution in [0.4, 0.5) is 0 Å². The van der Waals surface area contributed by atoms with Crippen LogP contribution in [0.1, 0.15) is 55.0 Å². The van der Waals surface area contributed by atoms with Crippen molar-refractivity contribution >= 4 is 32.3 Å². The molecule has 31 heavy (non-hydrogen) atoms. The van der Waals surface area contributed by atoms with Gasteiger partial charge < -0.3 is 0 Å². The monoisotopic (exact) mass is 432 g/mol. The molecule has 3 aromatic rings. The number of aryl methyl sites for hydroxylation is 4. The zero-order chi connectivity index (χ0) is 22.5. The Morgan fingerprint density at radius 2 is 1.61 bits per heavy atom. The molecular formula is C28H32O2S. The quantitative estimate of drug-likeness (QED) is 0.581. The van der Waals surface area contributed by atoms with Crippen molar-refractivity contribution in [1.29, 1.82) is 0 Å². The molecule has 0 saturated carbocycles. The summed E-state index contributed by atoms with van der Waals surface area (Å²) in [5.41, 5.74) is 7.64. The number of sulfone groups is 1. The molecule has 0 aliphatic heterocycles. The van der Waals surface area contributed by atoms with Gasteiger partial charge in [0.1, 0.15) is 0 Å². The summed E-state index contributed by atoms with van der Waals surface area (Å²) in [6.45, 7) is 10.8. The van der Waals surface area contributed by atoms with Crippen LogP contribution in [0.25, 0.3) is 22.4 Å². The second kappa shape index (κ2) is 7.94. The van der Waals surface area contributed by atoms with Gasteiger partial charge in [0, 0.05) is 11.6 Å². The van der Waals surface area contributed by atoms with Crippen LogP contribution in [0.5, 0.6) is 0 Å². The fraction of sp³-hybridized carbons (Fsp3) is 0.357. The topological polar surface area (TPSA) is 34.1 Å². The maximum absolute atomic E-state index is 12.7. The van der Waals surface area contributed by atoms with E-state index < -0.39 is 9.84 Å². The van der Waals surface area contributed by atoms with Crippen molar-refractivity contribution < 1.29 is 8.42 Å². The van der Waals surface area contributed by atoms with Crippen molar-refractivity contribution in [3.05, 3.63) is 74.7 Å². The van der Waals surface area contributed by atoms with Crippen molar-refractivity contribution in [3.8, 4) is 0 Å². The van der Waals surface area contributed by atoms with E-state index in [0.29, 0.717) is 10.8 Å².